The van der Waals surface area contributed by atoms with Gasteiger partial charge in [-0.05, 0) is 38.3 Å². The maximum Gasteiger partial charge on any atom is 0.118 e. The molecule has 0 bridgehead atoms. The monoisotopic (exact) mass is 291 g/mol. The second kappa shape index (κ2) is 6.34. The van der Waals surface area contributed by atoms with Gasteiger partial charge < -0.3 is 13.9 Å². The maximum absolute atomic E-state index is 5.98. The number of ether oxygens (including phenoxy) is 2. The number of hydrogen-bond donors (Lipinski definition) is 0. The summed E-state index contributed by atoms with van der Waals surface area (Å²) in [6.45, 7) is 11.0. The molecule has 1 saturated carbocycles. The minimum absolute atomic E-state index is 0.191. The number of fused-ring (bicyclic) bond motifs is 1. The molecule has 0 amide bonds. The second-order valence-corrected chi connectivity index (χ2v) is 6.06. The van der Waals surface area contributed by atoms with Gasteiger partial charge in [-0.25, -0.2) is 0 Å². The van der Waals surface area contributed by atoms with Gasteiger partial charge in [-0.2, -0.15) is 0 Å². The summed E-state index contributed by atoms with van der Waals surface area (Å²) in [7, 11) is 0. The minimum atomic E-state index is 0.191. The Morgan fingerprint density at radius 1 is 1.43 bits per heavy atom. The average molecular weight is 291 g/mol. The normalized spacial score (nSPS) is 29.5. The number of hydrogen-bond acceptors (Lipinski definition) is 4. The first-order chi connectivity index (χ1) is 10.2. The van der Waals surface area contributed by atoms with Crippen LogP contribution >= 0.6 is 0 Å². The molecule has 1 aromatic heterocycles. The average Bonchev–Trinajstić information content (AvgIpc) is 3.02. The Kier molecular flexibility index (Phi) is 4.48. The van der Waals surface area contributed by atoms with E-state index in [0.29, 0.717) is 12.6 Å². The number of rotatable bonds is 5. The highest BCUT2D eigenvalue weighted by atomic mass is 16.5. The number of nitrogens with zero attached hydrogens (tertiary/aromatic N) is 1. The molecule has 3 rings (SSSR count). The Morgan fingerprint density at radius 2 is 2.29 bits per heavy atom. The van der Waals surface area contributed by atoms with Gasteiger partial charge in [0.25, 0.3) is 0 Å². The summed E-state index contributed by atoms with van der Waals surface area (Å²) in [4.78, 5) is 2.49. The lowest BCUT2D eigenvalue weighted by atomic mass is 10.1. The molecule has 0 N–H and O–H groups in total. The Morgan fingerprint density at radius 3 is 3.00 bits per heavy atom. The van der Waals surface area contributed by atoms with Gasteiger partial charge in [0.1, 0.15) is 11.5 Å². The standard InChI is InChI=1S/C17H25NO3/c1-4-8-19-16-6-5-15-17(16)20-9-7-18(15)11-14-10-12(2)13(3)21-14/h4,10,15-17H,1,5-9,11H2,2-3H3/t15-,16-,17-/m0/s1. The van der Waals surface area contributed by atoms with E-state index in [4.69, 9.17) is 13.9 Å². The van der Waals surface area contributed by atoms with Crippen molar-refractivity contribution in [2.24, 2.45) is 0 Å². The van der Waals surface area contributed by atoms with Gasteiger partial charge in [0.2, 0.25) is 0 Å². The first kappa shape index (κ1) is 14.8. The lowest BCUT2D eigenvalue weighted by Crippen LogP contribution is -2.51. The largest absolute Gasteiger partial charge is 0.465 e. The van der Waals surface area contributed by atoms with Crippen molar-refractivity contribution in [1.82, 2.24) is 4.90 Å². The number of aryl methyl sites for hydroxylation is 2. The smallest absolute Gasteiger partial charge is 0.118 e. The van der Waals surface area contributed by atoms with Gasteiger partial charge in [0.05, 0.1) is 32.0 Å². The molecule has 1 aliphatic heterocycles. The summed E-state index contributed by atoms with van der Waals surface area (Å²) in [5.74, 6) is 2.08. The summed E-state index contributed by atoms with van der Waals surface area (Å²) in [6, 6.07) is 2.60. The molecule has 1 aromatic rings. The molecule has 2 aliphatic rings. The van der Waals surface area contributed by atoms with Crippen LogP contribution < -0.4 is 0 Å². The third-order valence-corrected chi connectivity index (χ3v) is 4.65. The van der Waals surface area contributed by atoms with Crippen molar-refractivity contribution in [3.63, 3.8) is 0 Å². The molecular formula is C17H25NO3. The van der Waals surface area contributed by atoms with Crippen molar-refractivity contribution < 1.29 is 13.9 Å². The molecule has 0 radical (unpaired) electrons. The third-order valence-electron chi connectivity index (χ3n) is 4.65. The van der Waals surface area contributed by atoms with E-state index in [2.05, 4.69) is 24.5 Å². The van der Waals surface area contributed by atoms with Gasteiger partial charge in [0.15, 0.2) is 0 Å². The fraction of sp³-hybridized carbons (Fsp3) is 0.647. The van der Waals surface area contributed by atoms with E-state index in [9.17, 15) is 0 Å². The van der Waals surface area contributed by atoms with E-state index in [-0.39, 0.29) is 12.2 Å². The topological polar surface area (TPSA) is 34.8 Å². The van der Waals surface area contributed by atoms with Crippen LogP contribution in [-0.4, -0.2) is 42.9 Å². The van der Waals surface area contributed by atoms with Crippen molar-refractivity contribution in [3.8, 4) is 0 Å². The molecule has 0 spiro atoms. The molecule has 3 atom stereocenters. The summed E-state index contributed by atoms with van der Waals surface area (Å²) in [5, 5.41) is 0. The Bertz CT molecular complexity index is 477. The van der Waals surface area contributed by atoms with E-state index in [1.165, 1.54) is 5.56 Å². The van der Waals surface area contributed by atoms with Crippen LogP contribution in [0.1, 0.15) is 29.9 Å². The molecule has 4 heteroatoms. The van der Waals surface area contributed by atoms with E-state index < -0.39 is 0 Å². The van der Waals surface area contributed by atoms with Crippen LogP contribution in [0.4, 0.5) is 0 Å². The predicted octanol–water partition coefficient (Wildman–Crippen LogP) is 2.83. The highest BCUT2D eigenvalue weighted by Gasteiger charge is 2.43. The van der Waals surface area contributed by atoms with Crippen molar-refractivity contribution in [1.29, 1.82) is 0 Å². The zero-order valence-electron chi connectivity index (χ0n) is 13.0. The molecule has 116 valence electrons. The zero-order valence-corrected chi connectivity index (χ0v) is 13.0. The molecule has 0 unspecified atom stereocenters. The summed E-state index contributed by atoms with van der Waals surface area (Å²) < 4.78 is 17.7. The summed E-state index contributed by atoms with van der Waals surface area (Å²) in [5.41, 5.74) is 1.23. The molecule has 0 aromatic carbocycles. The molecule has 4 nitrogen and oxygen atoms in total. The third kappa shape index (κ3) is 3.07. The van der Waals surface area contributed by atoms with Crippen LogP contribution in [0, 0.1) is 13.8 Å². The first-order valence-corrected chi connectivity index (χ1v) is 7.83. The summed E-state index contributed by atoms with van der Waals surface area (Å²) in [6.07, 6.45) is 4.40. The predicted molar refractivity (Wildman–Crippen MR) is 81.3 cm³/mol. The van der Waals surface area contributed by atoms with E-state index in [1.54, 1.807) is 0 Å². The van der Waals surface area contributed by atoms with Crippen molar-refractivity contribution in [2.75, 3.05) is 19.8 Å². The van der Waals surface area contributed by atoms with Gasteiger partial charge >= 0.3 is 0 Å². The lowest BCUT2D eigenvalue weighted by molar-refractivity contribution is -0.112. The van der Waals surface area contributed by atoms with Crippen LogP contribution in [0.2, 0.25) is 0 Å². The molecule has 21 heavy (non-hydrogen) atoms. The van der Waals surface area contributed by atoms with Crippen molar-refractivity contribution in [3.05, 3.63) is 35.8 Å². The van der Waals surface area contributed by atoms with Gasteiger partial charge in [-0.1, -0.05) is 6.08 Å². The molecule has 2 fully saturated rings. The fourth-order valence-corrected chi connectivity index (χ4v) is 3.49. The molecule has 1 aliphatic carbocycles. The number of morpholine rings is 1. The Hall–Kier alpha value is -1.10. The van der Waals surface area contributed by atoms with Crippen LogP contribution in [-0.2, 0) is 16.0 Å². The van der Waals surface area contributed by atoms with E-state index >= 15 is 0 Å². The fourth-order valence-electron chi connectivity index (χ4n) is 3.49. The minimum Gasteiger partial charge on any atom is -0.465 e. The first-order valence-electron chi connectivity index (χ1n) is 7.83. The number of furan rings is 1. The Labute approximate surface area is 126 Å². The van der Waals surface area contributed by atoms with Crippen molar-refractivity contribution >= 4 is 0 Å². The highest BCUT2D eigenvalue weighted by molar-refractivity contribution is 5.18. The SMILES string of the molecule is C=CCO[C@H]1CC[C@H]2[C@@H]1OCCN2Cc1cc(C)c(C)o1. The van der Waals surface area contributed by atoms with Crippen LogP contribution in [0.25, 0.3) is 0 Å². The molecule has 2 heterocycles. The molecule has 1 saturated heterocycles. The van der Waals surface area contributed by atoms with Gasteiger partial charge in [-0.3, -0.25) is 4.90 Å². The summed E-state index contributed by atoms with van der Waals surface area (Å²) >= 11 is 0. The van der Waals surface area contributed by atoms with Gasteiger partial charge in [0, 0.05) is 12.6 Å². The van der Waals surface area contributed by atoms with Crippen LogP contribution in [0.5, 0.6) is 0 Å². The maximum atomic E-state index is 5.98. The Balaban J connectivity index is 1.65. The highest BCUT2D eigenvalue weighted by Crippen LogP contribution is 2.33. The quantitative estimate of drug-likeness (QED) is 0.781. The van der Waals surface area contributed by atoms with Crippen LogP contribution in [0.15, 0.2) is 23.1 Å². The van der Waals surface area contributed by atoms with Crippen LogP contribution in [0.3, 0.4) is 0 Å². The second-order valence-electron chi connectivity index (χ2n) is 6.06. The lowest BCUT2D eigenvalue weighted by Gasteiger charge is -2.38. The van der Waals surface area contributed by atoms with Crippen molar-refractivity contribution in [2.45, 2.75) is 51.5 Å². The zero-order chi connectivity index (χ0) is 14.8. The molecular weight excluding hydrogens is 266 g/mol. The van der Waals surface area contributed by atoms with Gasteiger partial charge in [-0.15, -0.1) is 6.58 Å². The van der Waals surface area contributed by atoms with E-state index in [1.807, 2.05) is 13.0 Å². The van der Waals surface area contributed by atoms with E-state index in [0.717, 1.165) is 44.1 Å².